The molecule has 0 saturated heterocycles. The van der Waals surface area contributed by atoms with Gasteiger partial charge in [0.05, 0.1) is 0 Å². The van der Waals surface area contributed by atoms with E-state index in [4.69, 9.17) is 0 Å². The Morgan fingerprint density at radius 1 is 1.20 bits per heavy atom. The summed E-state index contributed by atoms with van der Waals surface area (Å²) >= 11 is 0. The molecule has 0 aromatic rings. The summed E-state index contributed by atoms with van der Waals surface area (Å²) in [4.78, 5) is 24.3. The smallest absolute Gasteiger partial charge is 0.184 e. The molecule has 0 amide bonds. The summed E-state index contributed by atoms with van der Waals surface area (Å²) in [6.45, 7) is 8.69. The maximum Gasteiger partial charge on any atom is 0.184 e. The second-order valence-corrected chi connectivity index (χ2v) is 9.94. The van der Waals surface area contributed by atoms with Gasteiger partial charge in [-0.1, -0.05) is 26.3 Å². The minimum atomic E-state index is -0.832. The summed E-state index contributed by atoms with van der Waals surface area (Å²) < 4.78 is 0. The molecule has 3 saturated carbocycles. The van der Waals surface area contributed by atoms with Crippen molar-refractivity contribution < 1.29 is 14.7 Å². The van der Waals surface area contributed by atoms with Crippen LogP contribution in [0.3, 0.4) is 0 Å². The average molecular weight is 344 g/mol. The molecular weight excluding hydrogens is 312 g/mol. The molecule has 0 aromatic carbocycles. The molecule has 0 heterocycles. The zero-order valence-corrected chi connectivity index (χ0v) is 16.0. The third-order valence-electron chi connectivity index (χ3n) is 8.81. The van der Waals surface area contributed by atoms with Gasteiger partial charge in [-0.3, -0.25) is 9.59 Å². The molecule has 25 heavy (non-hydrogen) atoms. The van der Waals surface area contributed by atoms with Crippen molar-refractivity contribution >= 4 is 11.6 Å². The van der Waals surface area contributed by atoms with Crippen LogP contribution < -0.4 is 0 Å². The Balaban J connectivity index is 1.72. The second kappa shape index (κ2) is 5.52. The monoisotopic (exact) mass is 344 g/mol. The average Bonchev–Trinajstić information content (AvgIpc) is 2.88. The summed E-state index contributed by atoms with van der Waals surface area (Å²) in [7, 11) is 0. The lowest BCUT2D eigenvalue weighted by Gasteiger charge is -2.59. The number of rotatable bonds is 1. The number of carbonyl (C=O) groups excluding carboxylic acids is 2. The van der Waals surface area contributed by atoms with Gasteiger partial charge in [-0.25, -0.2) is 0 Å². The van der Waals surface area contributed by atoms with E-state index in [1.165, 1.54) is 12.0 Å². The highest BCUT2D eigenvalue weighted by Gasteiger charge is 2.61. The normalized spacial score (nSPS) is 52.0. The maximum atomic E-state index is 12.2. The number of ketones is 2. The van der Waals surface area contributed by atoms with Crippen LogP contribution in [0.25, 0.3) is 0 Å². The van der Waals surface area contributed by atoms with Gasteiger partial charge in [0.2, 0.25) is 0 Å². The molecule has 0 bridgehead atoms. The van der Waals surface area contributed by atoms with Crippen LogP contribution in [0.1, 0.15) is 66.2 Å². The number of allylic oxidation sites excluding steroid dienone is 1. The van der Waals surface area contributed by atoms with Crippen molar-refractivity contribution in [3.8, 4) is 0 Å². The van der Waals surface area contributed by atoms with Gasteiger partial charge in [0.15, 0.2) is 5.78 Å². The Labute approximate surface area is 151 Å². The van der Waals surface area contributed by atoms with Crippen LogP contribution >= 0.6 is 0 Å². The number of Topliss-reactive ketones (excluding diaryl/α,β-unsaturated/α-hetero) is 1. The topological polar surface area (TPSA) is 54.4 Å². The molecule has 0 radical (unpaired) electrons. The summed E-state index contributed by atoms with van der Waals surface area (Å²) in [6.07, 6.45) is 7.13. The largest absolute Gasteiger partial charge is 0.385 e. The van der Waals surface area contributed by atoms with Gasteiger partial charge in [-0.15, -0.1) is 0 Å². The van der Waals surface area contributed by atoms with Crippen molar-refractivity contribution in [1.82, 2.24) is 0 Å². The number of hydrogen-bond donors (Lipinski definition) is 1. The molecule has 8 atom stereocenters. The van der Waals surface area contributed by atoms with Crippen LogP contribution in [0.2, 0.25) is 0 Å². The zero-order chi connectivity index (χ0) is 18.1. The predicted octanol–water partition coefficient (Wildman–Crippen LogP) is 3.94. The van der Waals surface area contributed by atoms with Crippen molar-refractivity contribution in [3.05, 3.63) is 11.6 Å². The number of fused-ring (bicyclic) bond motifs is 5. The standard InChI is InChI=1S/C22H32O3/c1-12-9-14-16-6-5-15(13(2)23)21(16,3)8-7-17(14)22(4)11-20(25)19(24)10-18(12)22/h10,12,14-17,20,25H,5-9,11H2,1-4H3/t12-,14+,15-,16-,17-,20?,21+,22+/m0/s1. The van der Waals surface area contributed by atoms with E-state index >= 15 is 0 Å². The van der Waals surface area contributed by atoms with Crippen molar-refractivity contribution in [2.24, 2.45) is 40.4 Å². The number of carbonyl (C=O) groups is 2. The van der Waals surface area contributed by atoms with E-state index in [9.17, 15) is 14.7 Å². The van der Waals surface area contributed by atoms with E-state index < -0.39 is 6.10 Å². The van der Waals surface area contributed by atoms with E-state index in [1.54, 1.807) is 13.0 Å². The Morgan fingerprint density at radius 2 is 1.92 bits per heavy atom. The molecule has 0 spiro atoms. The highest BCUT2D eigenvalue weighted by Crippen LogP contribution is 2.67. The van der Waals surface area contributed by atoms with Crippen LogP contribution in [0, 0.1) is 40.4 Å². The van der Waals surface area contributed by atoms with Gasteiger partial charge >= 0.3 is 0 Å². The second-order valence-electron chi connectivity index (χ2n) is 9.94. The Morgan fingerprint density at radius 3 is 2.60 bits per heavy atom. The van der Waals surface area contributed by atoms with Crippen molar-refractivity contribution in [2.75, 3.05) is 0 Å². The molecule has 1 unspecified atom stereocenters. The highest BCUT2D eigenvalue weighted by atomic mass is 16.3. The van der Waals surface area contributed by atoms with E-state index in [2.05, 4.69) is 20.8 Å². The fourth-order valence-corrected chi connectivity index (χ4v) is 7.72. The quantitative estimate of drug-likeness (QED) is 0.784. The molecule has 3 nitrogen and oxygen atoms in total. The van der Waals surface area contributed by atoms with Gasteiger partial charge in [-0.2, -0.15) is 0 Å². The lowest BCUT2D eigenvalue weighted by Crippen LogP contribution is -2.54. The van der Waals surface area contributed by atoms with Crippen LogP contribution in [-0.4, -0.2) is 22.8 Å². The minimum Gasteiger partial charge on any atom is -0.385 e. The van der Waals surface area contributed by atoms with Gasteiger partial charge in [-0.05, 0) is 86.0 Å². The molecule has 3 heteroatoms. The van der Waals surface area contributed by atoms with Gasteiger partial charge in [0.25, 0.3) is 0 Å². The lowest BCUT2D eigenvalue weighted by atomic mass is 9.45. The zero-order valence-electron chi connectivity index (χ0n) is 16.0. The fourth-order valence-electron chi connectivity index (χ4n) is 7.72. The molecule has 0 aliphatic heterocycles. The molecule has 138 valence electrons. The van der Waals surface area contributed by atoms with Crippen LogP contribution in [0.5, 0.6) is 0 Å². The first-order valence-electron chi connectivity index (χ1n) is 10.1. The molecule has 0 aromatic heterocycles. The third kappa shape index (κ3) is 2.27. The molecule has 4 rings (SSSR count). The summed E-state index contributed by atoms with van der Waals surface area (Å²) in [5, 5.41) is 10.3. The van der Waals surface area contributed by atoms with Gasteiger partial charge < -0.3 is 5.11 Å². The van der Waals surface area contributed by atoms with Crippen molar-refractivity contribution in [3.63, 3.8) is 0 Å². The van der Waals surface area contributed by atoms with E-state index in [-0.39, 0.29) is 22.5 Å². The number of aliphatic hydroxyl groups is 1. The van der Waals surface area contributed by atoms with Crippen LogP contribution in [0.15, 0.2) is 11.6 Å². The van der Waals surface area contributed by atoms with E-state index in [0.717, 1.165) is 25.7 Å². The highest BCUT2D eigenvalue weighted by molar-refractivity contribution is 5.95. The lowest BCUT2D eigenvalue weighted by molar-refractivity contribution is -0.133. The third-order valence-corrected chi connectivity index (χ3v) is 8.81. The van der Waals surface area contributed by atoms with Crippen LogP contribution in [0.4, 0.5) is 0 Å². The fraction of sp³-hybridized carbons (Fsp3) is 0.818. The molecule has 3 fully saturated rings. The van der Waals surface area contributed by atoms with Crippen LogP contribution in [-0.2, 0) is 9.59 Å². The van der Waals surface area contributed by atoms with Gasteiger partial charge in [0, 0.05) is 5.92 Å². The Kier molecular flexibility index (Phi) is 3.85. The Hall–Kier alpha value is -0.960. The molecule has 4 aliphatic carbocycles. The first-order chi connectivity index (χ1) is 11.7. The molecule has 1 N–H and O–H groups in total. The first-order valence-corrected chi connectivity index (χ1v) is 10.1. The predicted molar refractivity (Wildman–Crippen MR) is 96.8 cm³/mol. The summed E-state index contributed by atoms with van der Waals surface area (Å²) in [5.74, 6) is 2.70. The van der Waals surface area contributed by atoms with Gasteiger partial charge in [0.1, 0.15) is 11.9 Å². The number of aliphatic hydroxyl groups excluding tert-OH is 1. The summed E-state index contributed by atoms with van der Waals surface area (Å²) in [5.41, 5.74) is 1.40. The maximum absolute atomic E-state index is 12.2. The minimum absolute atomic E-state index is 0.0503. The van der Waals surface area contributed by atoms with Crippen molar-refractivity contribution in [2.45, 2.75) is 72.3 Å². The van der Waals surface area contributed by atoms with E-state index in [1.807, 2.05) is 0 Å². The first kappa shape index (κ1) is 17.5. The molecular formula is C22H32O3. The Bertz CT molecular complexity index is 650. The SMILES string of the molecule is CC(=O)[C@@H]1CC[C@H]2[C@H]3C[C@H](C)C4=CC(=O)C(O)C[C@]4(C)[C@H]3CC[C@]12C. The van der Waals surface area contributed by atoms with E-state index in [0.29, 0.717) is 35.9 Å². The van der Waals surface area contributed by atoms with Crippen molar-refractivity contribution in [1.29, 1.82) is 0 Å². The molecule has 4 aliphatic rings. The summed E-state index contributed by atoms with van der Waals surface area (Å²) in [6, 6.07) is 0. The number of hydrogen-bond acceptors (Lipinski definition) is 3.